The Morgan fingerprint density at radius 3 is 1.06 bits per heavy atom. The van der Waals surface area contributed by atoms with Crippen LogP contribution in [0.2, 0.25) is 0 Å². The largest absolute Gasteiger partial charge is 0.353 e. The van der Waals surface area contributed by atoms with Gasteiger partial charge in [0.25, 0.3) is 0 Å². The fraction of sp³-hybridized carbons (Fsp3) is 0. The van der Waals surface area contributed by atoms with Crippen molar-refractivity contribution in [3.8, 4) is 108 Å². The topological polar surface area (TPSA) is 134 Å². The zero-order valence-electron chi connectivity index (χ0n) is 56.4. The lowest BCUT2D eigenvalue weighted by Gasteiger charge is -2.13. The predicted molar refractivity (Wildman–Crippen MR) is 435 cm³/mol. The molecule has 0 aliphatic carbocycles. The molecule has 20 rings (SSSR count). The Hall–Kier alpha value is -13.6. The van der Waals surface area contributed by atoms with Gasteiger partial charge in [0.1, 0.15) is 0 Å². The number of pyridine rings is 2. The second-order valence-corrected chi connectivity index (χ2v) is 26.7. The molecule has 0 saturated heterocycles. The summed E-state index contributed by atoms with van der Waals surface area (Å²) >= 11 is 2.28. The normalized spacial score (nSPS) is 11.3. The molecule has 0 fully saturated rings. The Balaban J connectivity index is 0.000000137. The van der Waals surface area contributed by atoms with Crippen molar-refractivity contribution in [1.82, 2.24) is 58.6 Å². The van der Waals surface area contributed by atoms with E-state index in [-0.39, 0.29) is 0 Å². The van der Waals surface area contributed by atoms with Gasteiger partial charge in [-0.1, -0.05) is 267 Å². The highest BCUT2D eigenvalue weighted by Crippen LogP contribution is 2.39. The maximum atomic E-state index is 5.20. The van der Waals surface area contributed by atoms with Crippen molar-refractivity contribution in [3.63, 3.8) is 0 Å². The molecule has 0 unspecified atom stereocenters. The zero-order valence-corrected chi connectivity index (χ0v) is 58.6. The van der Waals surface area contributed by atoms with Crippen LogP contribution in [0.5, 0.6) is 0 Å². The van der Waals surface area contributed by atoms with Gasteiger partial charge in [0.2, 0.25) is 11.9 Å². The Kier molecular flexibility index (Phi) is 17.0. The lowest BCUT2D eigenvalue weighted by atomic mass is 10.0. The molecule has 0 amide bonds. The summed E-state index contributed by atoms with van der Waals surface area (Å²) in [6, 6.07) is 117. The second kappa shape index (κ2) is 28.1. The highest BCUT2D eigenvalue weighted by Gasteiger charge is 2.23. The molecule has 12 nitrogen and oxygen atoms in total. The first-order chi connectivity index (χ1) is 52.0. The number of halogens is 1. The Bertz CT molecular complexity index is 6330. The van der Waals surface area contributed by atoms with E-state index < -0.39 is 0 Å². The summed E-state index contributed by atoms with van der Waals surface area (Å²) in [5.74, 6) is 3.42. The standard InChI is InChI=1S/C46H30N6.C40H26N6.C6H5I/c1-4-14-31(15-5-1)33-18-12-20-35(28-33)44-48-45(36-21-13-19-34(29-36)32-16-6-2-7-17-32)50-46(49-44)51-27-26-40-43(51)42-39(30-47-40)38-24-10-11-25-41(38)52(42)37-22-8-3-9-23-37;1-3-11-26(12-4-1)28-15-9-17-30(23-28)38-43-39(31-18-10-16-29(24-31)27-13-5-2-6-14-27)45-40(44-38)46-22-21-35-37(46)36-33(25-41-35)32-19-7-8-20-34(32)42-36;7-6-4-2-1-3-5-6/h1-30H;1-25,42H;1-5H. The molecule has 496 valence electrons. The first kappa shape index (κ1) is 63.5. The van der Waals surface area contributed by atoms with Gasteiger partial charge in [0, 0.05) is 83.4 Å². The van der Waals surface area contributed by atoms with Gasteiger partial charge in [-0.15, -0.1) is 0 Å². The van der Waals surface area contributed by atoms with Crippen LogP contribution in [-0.2, 0) is 0 Å². The number of rotatable bonds is 11. The van der Waals surface area contributed by atoms with E-state index in [9.17, 15) is 0 Å². The third kappa shape index (κ3) is 12.6. The maximum absolute atomic E-state index is 5.20. The van der Waals surface area contributed by atoms with Crippen LogP contribution < -0.4 is 0 Å². The molecule has 13 heteroatoms. The molecule has 0 atom stereocenters. The fourth-order valence-corrected chi connectivity index (χ4v) is 14.3. The number of H-pyrrole nitrogens is 1. The molecule has 105 heavy (non-hydrogen) atoms. The van der Waals surface area contributed by atoms with Crippen LogP contribution in [-0.4, -0.2) is 58.6 Å². The molecule has 8 aromatic heterocycles. The van der Waals surface area contributed by atoms with Crippen molar-refractivity contribution in [2.75, 3.05) is 0 Å². The summed E-state index contributed by atoms with van der Waals surface area (Å²) in [4.78, 5) is 44.2. The lowest BCUT2D eigenvalue weighted by Crippen LogP contribution is -2.06. The highest BCUT2D eigenvalue weighted by atomic mass is 127. The number of hydrogen-bond acceptors (Lipinski definition) is 8. The van der Waals surface area contributed by atoms with E-state index in [1.54, 1.807) is 0 Å². The van der Waals surface area contributed by atoms with Crippen LogP contribution in [0.25, 0.3) is 173 Å². The minimum atomic E-state index is 0.518. The SMILES string of the molecule is Ic1ccccc1.c1ccc(-c2cccc(-c3nc(-c4cccc(-c5ccccc5)c4)nc(-n4ccc5ncc6c7ccccc7[nH]c6c54)n3)c2)cc1.c1ccc(-c2cccc(-c3nc(-c4cccc(-c5ccccc5)c4)nc(-n4ccc5ncc6c7ccccc7n(-c7ccccc7)c6c54)n3)c2)cc1. The van der Waals surface area contributed by atoms with Gasteiger partial charge in [-0.25, -0.2) is 9.97 Å². The predicted octanol–water partition coefficient (Wildman–Crippen LogP) is 22.8. The van der Waals surface area contributed by atoms with Crippen molar-refractivity contribution in [1.29, 1.82) is 0 Å². The van der Waals surface area contributed by atoms with Gasteiger partial charge < -0.3 is 9.55 Å². The highest BCUT2D eigenvalue weighted by molar-refractivity contribution is 14.1. The van der Waals surface area contributed by atoms with Gasteiger partial charge in [-0.3, -0.25) is 19.1 Å². The average Bonchev–Trinajstić information content (AvgIpc) is 1.57. The van der Waals surface area contributed by atoms with Crippen LogP contribution in [0.15, 0.2) is 365 Å². The summed E-state index contributed by atoms with van der Waals surface area (Å²) in [5, 5.41) is 4.39. The summed E-state index contributed by atoms with van der Waals surface area (Å²) in [7, 11) is 0. The van der Waals surface area contributed by atoms with E-state index in [4.69, 9.17) is 39.9 Å². The van der Waals surface area contributed by atoms with Gasteiger partial charge in [-0.05, 0) is 140 Å². The molecule has 0 aliphatic rings. The average molecular weight is 1460 g/mol. The van der Waals surface area contributed by atoms with Crippen molar-refractivity contribution in [2.24, 2.45) is 0 Å². The number of para-hydroxylation sites is 3. The van der Waals surface area contributed by atoms with Crippen molar-refractivity contribution < 1.29 is 0 Å². The lowest BCUT2D eigenvalue weighted by molar-refractivity contribution is 0.933. The van der Waals surface area contributed by atoms with E-state index in [0.717, 1.165) is 138 Å². The molecule has 12 aromatic carbocycles. The van der Waals surface area contributed by atoms with E-state index in [0.29, 0.717) is 35.2 Å². The number of aromatic amines is 1. The number of nitrogens with one attached hydrogen (secondary N) is 1. The Labute approximate surface area is 618 Å². The van der Waals surface area contributed by atoms with E-state index in [1.807, 2.05) is 96.1 Å². The van der Waals surface area contributed by atoms with E-state index in [1.165, 1.54) is 3.57 Å². The number of hydrogen-bond donors (Lipinski definition) is 1. The Morgan fingerprint density at radius 1 is 0.267 bits per heavy atom. The van der Waals surface area contributed by atoms with Gasteiger partial charge in [-0.2, -0.15) is 19.9 Å². The third-order valence-corrected chi connectivity index (χ3v) is 19.6. The van der Waals surface area contributed by atoms with E-state index in [2.05, 4.69) is 310 Å². The van der Waals surface area contributed by atoms with E-state index >= 15 is 0 Å². The number of aromatic nitrogens is 12. The number of benzene rings is 12. The molecule has 0 bridgehead atoms. The minimum Gasteiger partial charge on any atom is -0.353 e. The van der Waals surface area contributed by atoms with Gasteiger partial charge >= 0.3 is 0 Å². The summed E-state index contributed by atoms with van der Waals surface area (Å²) in [5.41, 5.74) is 21.4. The maximum Gasteiger partial charge on any atom is 0.238 e. The summed E-state index contributed by atoms with van der Waals surface area (Å²) < 4.78 is 7.71. The number of fused-ring (bicyclic) bond motifs is 10. The van der Waals surface area contributed by atoms with Crippen molar-refractivity contribution in [2.45, 2.75) is 0 Å². The molecular weight excluding hydrogens is 1400 g/mol. The molecule has 0 radical (unpaired) electrons. The molecule has 8 heterocycles. The molecule has 20 aromatic rings. The molecule has 0 spiro atoms. The first-order valence-electron chi connectivity index (χ1n) is 34.6. The van der Waals surface area contributed by atoms with Crippen LogP contribution in [0.1, 0.15) is 0 Å². The van der Waals surface area contributed by atoms with Crippen LogP contribution >= 0.6 is 22.6 Å². The first-order valence-corrected chi connectivity index (χ1v) is 35.7. The third-order valence-electron chi connectivity index (χ3n) is 18.9. The van der Waals surface area contributed by atoms with Gasteiger partial charge in [0.15, 0.2) is 23.3 Å². The fourth-order valence-electron chi connectivity index (χ4n) is 13.8. The summed E-state index contributed by atoms with van der Waals surface area (Å²) in [6.07, 6.45) is 7.94. The van der Waals surface area contributed by atoms with Crippen LogP contribution in [0.4, 0.5) is 0 Å². The van der Waals surface area contributed by atoms with Crippen LogP contribution in [0, 0.1) is 3.57 Å². The minimum absolute atomic E-state index is 0.518. The zero-order chi connectivity index (χ0) is 70.0. The molecular formula is C92H61IN12. The van der Waals surface area contributed by atoms with Crippen LogP contribution in [0.3, 0.4) is 0 Å². The van der Waals surface area contributed by atoms with Gasteiger partial charge in [0.05, 0.1) is 38.6 Å². The number of nitrogens with zero attached hydrogens (tertiary/aromatic N) is 11. The quantitative estimate of drug-likeness (QED) is 0.127. The molecule has 0 saturated carbocycles. The summed E-state index contributed by atoms with van der Waals surface area (Å²) in [6.45, 7) is 0. The van der Waals surface area contributed by atoms with Crippen molar-refractivity contribution >= 4 is 88.3 Å². The second-order valence-electron chi connectivity index (χ2n) is 25.4. The Morgan fingerprint density at radius 2 is 0.619 bits per heavy atom. The monoisotopic (exact) mass is 1460 g/mol. The molecule has 0 aliphatic heterocycles. The smallest absolute Gasteiger partial charge is 0.238 e. The molecule has 1 N–H and O–H groups in total. The van der Waals surface area contributed by atoms with Crippen molar-refractivity contribution in [3.05, 3.63) is 368 Å².